The molecule has 0 aliphatic rings. The van der Waals surface area contributed by atoms with E-state index in [1.807, 2.05) is 12.1 Å². The fraction of sp³-hybridized carbons (Fsp3) is 0.733. The van der Waals surface area contributed by atoms with Crippen LogP contribution in [-0.2, 0) is 6.54 Å². The second kappa shape index (κ2) is 9.15. The van der Waals surface area contributed by atoms with Crippen LogP contribution in [0.2, 0.25) is 0 Å². The van der Waals surface area contributed by atoms with Crippen molar-refractivity contribution in [3.8, 4) is 0 Å². The molecule has 0 aliphatic heterocycles. The molecule has 0 aliphatic carbocycles. The van der Waals surface area contributed by atoms with E-state index in [2.05, 4.69) is 17.7 Å². The average Bonchev–Trinajstić information content (AvgIpc) is 2.73. The van der Waals surface area contributed by atoms with E-state index in [9.17, 15) is 0 Å². The summed E-state index contributed by atoms with van der Waals surface area (Å²) in [6.07, 6.45) is 14.5. The van der Waals surface area contributed by atoms with E-state index >= 15 is 0 Å². The summed E-state index contributed by atoms with van der Waals surface area (Å²) in [5.41, 5.74) is 5.81. The van der Waals surface area contributed by atoms with E-state index in [1.165, 1.54) is 57.8 Å². The molecule has 0 fully saturated rings. The Kier molecular flexibility index (Phi) is 7.61. The van der Waals surface area contributed by atoms with Crippen molar-refractivity contribution in [1.82, 2.24) is 4.57 Å². The van der Waals surface area contributed by atoms with Crippen LogP contribution in [-0.4, -0.2) is 4.57 Å². The highest BCUT2D eigenvalue weighted by atomic mass is 15.0. The van der Waals surface area contributed by atoms with Crippen LogP contribution in [0.3, 0.4) is 0 Å². The minimum absolute atomic E-state index is 0.893. The van der Waals surface area contributed by atoms with E-state index in [4.69, 9.17) is 5.73 Å². The van der Waals surface area contributed by atoms with E-state index in [1.54, 1.807) is 0 Å². The highest BCUT2D eigenvalue weighted by Crippen LogP contribution is 2.11. The first-order valence-corrected chi connectivity index (χ1v) is 7.25. The zero-order chi connectivity index (χ0) is 12.3. The van der Waals surface area contributed by atoms with E-state index in [0.717, 1.165) is 12.4 Å². The molecule has 0 saturated carbocycles. The molecular weight excluding hydrogens is 208 g/mol. The molecule has 0 spiro atoms. The lowest BCUT2D eigenvalue weighted by molar-refractivity contribution is 0.541. The second-order valence-corrected chi connectivity index (χ2v) is 4.95. The van der Waals surface area contributed by atoms with Crippen LogP contribution in [0.1, 0.15) is 64.7 Å². The summed E-state index contributed by atoms with van der Waals surface area (Å²) in [6.45, 7) is 3.35. The maximum Gasteiger partial charge on any atom is 0.103 e. The average molecular weight is 236 g/mol. The Labute approximate surface area is 106 Å². The first kappa shape index (κ1) is 14.1. The van der Waals surface area contributed by atoms with Gasteiger partial charge in [0.05, 0.1) is 0 Å². The van der Waals surface area contributed by atoms with Gasteiger partial charge in [0, 0.05) is 12.7 Å². The van der Waals surface area contributed by atoms with Gasteiger partial charge < -0.3 is 10.3 Å². The molecule has 17 heavy (non-hydrogen) atoms. The minimum Gasteiger partial charge on any atom is -0.385 e. The molecule has 2 N–H and O–H groups in total. The van der Waals surface area contributed by atoms with Gasteiger partial charge >= 0.3 is 0 Å². The van der Waals surface area contributed by atoms with Crippen molar-refractivity contribution in [3.63, 3.8) is 0 Å². The van der Waals surface area contributed by atoms with Crippen LogP contribution in [0.5, 0.6) is 0 Å². The van der Waals surface area contributed by atoms with E-state index in [-0.39, 0.29) is 0 Å². The number of nitrogens with zero attached hydrogens (tertiary/aromatic N) is 1. The summed E-state index contributed by atoms with van der Waals surface area (Å²) < 4.78 is 2.14. The zero-order valence-electron chi connectivity index (χ0n) is 11.3. The van der Waals surface area contributed by atoms with Crippen molar-refractivity contribution in [2.45, 2.75) is 71.3 Å². The van der Waals surface area contributed by atoms with Gasteiger partial charge in [0.15, 0.2) is 0 Å². The third-order valence-corrected chi connectivity index (χ3v) is 3.37. The van der Waals surface area contributed by atoms with Gasteiger partial charge in [-0.2, -0.15) is 0 Å². The van der Waals surface area contributed by atoms with Gasteiger partial charge in [0.25, 0.3) is 0 Å². The summed E-state index contributed by atoms with van der Waals surface area (Å²) in [5, 5.41) is 0. The van der Waals surface area contributed by atoms with Crippen LogP contribution in [0.15, 0.2) is 18.3 Å². The quantitative estimate of drug-likeness (QED) is 0.591. The Bertz CT molecular complexity index is 278. The van der Waals surface area contributed by atoms with Crippen LogP contribution in [0, 0.1) is 0 Å². The molecule has 0 saturated heterocycles. The second-order valence-electron chi connectivity index (χ2n) is 4.95. The van der Waals surface area contributed by atoms with Crippen molar-refractivity contribution in [1.29, 1.82) is 0 Å². The molecule has 98 valence electrons. The molecule has 0 amide bonds. The Morgan fingerprint density at radius 1 is 0.941 bits per heavy atom. The van der Waals surface area contributed by atoms with Crippen LogP contribution >= 0.6 is 0 Å². The molecule has 1 heterocycles. The van der Waals surface area contributed by atoms with Gasteiger partial charge in [0.2, 0.25) is 0 Å². The molecule has 1 aromatic rings. The van der Waals surface area contributed by atoms with Crippen molar-refractivity contribution < 1.29 is 0 Å². The molecule has 0 radical (unpaired) electrons. The first-order valence-electron chi connectivity index (χ1n) is 7.25. The molecule has 1 rings (SSSR count). The monoisotopic (exact) mass is 236 g/mol. The zero-order valence-corrected chi connectivity index (χ0v) is 11.3. The summed E-state index contributed by atoms with van der Waals surface area (Å²) >= 11 is 0. The summed E-state index contributed by atoms with van der Waals surface area (Å²) in [7, 11) is 0. The van der Waals surface area contributed by atoms with E-state index in [0.29, 0.717) is 0 Å². The fourth-order valence-corrected chi connectivity index (χ4v) is 2.22. The third-order valence-electron chi connectivity index (χ3n) is 3.37. The number of nitrogen functional groups attached to an aromatic ring is 1. The Morgan fingerprint density at radius 3 is 2.06 bits per heavy atom. The molecule has 2 nitrogen and oxygen atoms in total. The van der Waals surface area contributed by atoms with E-state index < -0.39 is 0 Å². The smallest absolute Gasteiger partial charge is 0.103 e. The fourth-order valence-electron chi connectivity index (χ4n) is 2.22. The molecule has 0 unspecified atom stereocenters. The first-order chi connectivity index (χ1) is 8.34. The van der Waals surface area contributed by atoms with Crippen molar-refractivity contribution in [3.05, 3.63) is 18.3 Å². The SMILES string of the molecule is CCCCCCCCCCCn1cccc1N. The predicted octanol–water partition coefficient (Wildman–Crippen LogP) is 4.60. The Hall–Kier alpha value is -0.920. The summed E-state index contributed by atoms with van der Waals surface area (Å²) in [4.78, 5) is 0. The Balaban J connectivity index is 1.86. The lowest BCUT2D eigenvalue weighted by Crippen LogP contribution is -2.01. The lowest BCUT2D eigenvalue weighted by Gasteiger charge is -2.05. The normalized spacial score (nSPS) is 10.9. The summed E-state index contributed by atoms with van der Waals surface area (Å²) in [6, 6.07) is 3.98. The van der Waals surface area contributed by atoms with Crippen molar-refractivity contribution >= 4 is 5.82 Å². The van der Waals surface area contributed by atoms with Gasteiger partial charge in [-0.25, -0.2) is 0 Å². The molecule has 2 heteroatoms. The molecule has 0 atom stereocenters. The van der Waals surface area contributed by atoms with Crippen LogP contribution in [0.25, 0.3) is 0 Å². The van der Waals surface area contributed by atoms with Crippen LogP contribution in [0.4, 0.5) is 5.82 Å². The topological polar surface area (TPSA) is 30.9 Å². The third kappa shape index (κ3) is 6.40. The number of aryl methyl sites for hydroxylation is 1. The number of rotatable bonds is 10. The molecule has 1 aromatic heterocycles. The summed E-state index contributed by atoms with van der Waals surface area (Å²) in [5.74, 6) is 0.893. The van der Waals surface area contributed by atoms with Gasteiger partial charge in [-0.15, -0.1) is 0 Å². The number of hydrogen-bond acceptors (Lipinski definition) is 1. The van der Waals surface area contributed by atoms with Gasteiger partial charge in [0.1, 0.15) is 5.82 Å². The minimum atomic E-state index is 0.893. The maximum absolute atomic E-state index is 5.81. The number of aromatic nitrogens is 1. The highest BCUT2D eigenvalue weighted by molar-refractivity contribution is 5.29. The van der Waals surface area contributed by atoms with Gasteiger partial charge in [-0.05, 0) is 18.6 Å². The number of hydrogen-bond donors (Lipinski definition) is 1. The number of unbranched alkanes of at least 4 members (excludes halogenated alkanes) is 8. The maximum atomic E-state index is 5.81. The van der Waals surface area contributed by atoms with Crippen molar-refractivity contribution in [2.24, 2.45) is 0 Å². The van der Waals surface area contributed by atoms with Crippen LogP contribution < -0.4 is 5.73 Å². The van der Waals surface area contributed by atoms with Gasteiger partial charge in [-0.3, -0.25) is 0 Å². The number of nitrogens with two attached hydrogens (primary N) is 1. The standard InChI is InChI=1S/C15H28N2/c1-2-3-4-5-6-7-8-9-10-13-17-14-11-12-15(17)16/h11-12,14H,2-10,13,16H2,1H3. The predicted molar refractivity (Wildman–Crippen MR) is 76.1 cm³/mol. The van der Waals surface area contributed by atoms with Gasteiger partial charge in [-0.1, -0.05) is 58.3 Å². The molecule has 0 bridgehead atoms. The largest absolute Gasteiger partial charge is 0.385 e. The lowest BCUT2D eigenvalue weighted by atomic mass is 10.1. The molecule has 0 aromatic carbocycles. The number of anilines is 1. The highest BCUT2D eigenvalue weighted by Gasteiger charge is 1.96. The Morgan fingerprint density at radius 2 is 1.53 bits per heavy atom. The molecular formula is C15H28N2. The van der Waals surface area contributed by atoms with Crippen molar-refractivity contribution in [2.75, 3.05) is 5.73 Å².